The normalized spacial score (nSPS) is 13.3. The molecular weight excluding hydrogens is 324 g/mol. The number of hydrogen-bond acceptors (Lipinski definition) is 6. The Kier molecular flexibility index (Phi) is 5.00. The number of ketones is 1. The maximum Gasteiger partial charge on any atom is 0.377 e. The van der Waals surface area contributed by atoms with Crippen LogP contribution in [-0.4, -0.2) is 36.1 Å². The van der Waals surface area contributed by atoms with Gasteiger partial charge in [-0.25, -0.2) is 4.79 Å². The van der Waals surface area contributed by atoms with Crippen LogP contribution in [-0.2, 0) is 25.5 Å². The van der Waals surface area contributed by atoms with Crippen LogP contribution in [0.5, 0.6) is 0 Å². The van der Waals surface area contributed by atoms with Gasteiger partial charge in [-0.05, 0) is 6.07 Å². The topological polar surface area (TPSA) is 90.6 Å². The Hall–Kier alpha value is -3.27. The third kappa shape index (κ3) is 3.63. The van der Waals surface area contributed by atoms with E-state index in [0.29, 0.717) is 25.1 Å². The maximum absolute atomic E-state index is 12.5. The molecule has 1 aliphatic rings. The number of nitrogens with zero attached hydrogens (tertiary/aromatic N) is 2. The summed E-state index contributed by atoms with van der Waals surface area (Å²) in [6, 6.07) is 9.50. The van der Waals surface area contributed by atoms with E-state index in [1.54, 1.807) is 6.20 Å². The molecule has 1 aromatic heterocycles. The van der Waals surface area contributed by atoms with Crippen molar-refractivity contribution in [2.24, 2.45) is 0 Å². The average Bonchev–Trinajstić information content (AvgIpc) is 3.04. The van der Waals surface area contributed by atoms with E-state index in [0.717, 1.165) is 10.9 Å². The van der Waals surface area contributed by atoms with Crippen LogP contribution in [0.4, 0.5) is 0 Å². The molecule has 7 heteroatoms. The van der Waals surface area contributed by atoms with Crippen molar-refractivity contribution in [2.45, 2.75) is 13.0 Å². The van der Waals surface area contributed by atoms with Crippen molar-refractivity contribution in [3.05, 3.63) is 48.0 Å². The smallest absolute Gasteiger partial charge is 0.377 e. The van der Waals surface area contributed by atoms with Crippen LogP contribution in [0.1, 0.15) is 16.8 Å². The molecule has 128 valence electrons. The van der Waals surface area contributed by atoms with Gasteiger partial charge in [0.05, 0.1) is 12.5 Å². The van der Waals surface area contributed by atoms with Gasteiger partial charge in [-0.2, -0.15) is 5.26 Å². The summed E-state index contributed by atoms with van der Waals surface area (Å²) < 4.78 is 17.0. The summed E-state index contributed by atoms with van der Waals surface area (Å²) in [6.07, 6.45) is 3.22. The zero-order valence-corrected chi connectivity index (χ0v) is 13.4. The van der Waals surface area contributed by atoms with Crippen molar-refractivity contribution in [2.75, 3.05) is 19.8 Å². The zero-order valence-electron chi connectivity index (χ0n) is 13.4. The van der Waals surface area contributed by atoms with Gasteiger partial charge in [0.25, 0.3) is 0 Å². The van der Waals surface area contributed by atoms with E-state index in [2.05, 4.69) is 6.07 Å². The molecule has 1 aromatic carbocycles. The lowest BCUT2D eigenvalue weighted by Crippen LogP contribution is -2.20. The lowest BCUT2D eigenvalue weighted by atomic mass is 10.1. The number of fused-ring (bicyclic) bond motifs is 1. The van der Waals surface area contributed by atoms with Crippen LogP contribution in [0, 0.1) is 11.3 Å². The molecule has 0 saturated carbocycles. The summed E-state index contributed by atoms with van der Waals surface area (Å²) in [5, 5.41) is 9.53. The van der Waals surface area contributed by atoms with Crippen LogP contribution < -0.4 is 0 Å². The van der Waals surface area contributed by atoms with Crippen LogP contribution in [0.15, 0.2) is 42.5 Å². The number of para-hydroxylation sites is 1. The predicted molar refractivity (Wildman–Crippen MR) is 87.4 cm³/mol. The van der Waals surface area contributed by atoms with Gasteiger partial charge in [0.1, 0.15) is 19.5 Å². The molecule has 25 heavy (non-hydrogen) atoms. The van der Waals surface area contributed by atoms with Crippen molar-refractivity contribution < 1.29 is 23.8 Å². The first-order valence-corrected chi connectivity index (χ1v) is 7.80. The summed E-state index contributed by atoms with van der Waals surface area (Å²) in [5.41, 5.74) is 1.32. The lowest BCUT2D eigenvalue weighted by Gasteiger charge is -2.14. The summed E-state index contributed by atoms with van der Waals surface area (Å²) in [7, 11) is 0. The van der Waals surface area contributed by atoms with Gasteiger partial charge in [0, 0.05) is 29.2 Å². The number of benzene rings is 1. The Bertz CT molecular complexity index is 875. The Morgan fingerprint density at radius 1 is 1.28 bits per heavy atom. The van der Waals surface area contributed by atoms with Crippen molar-refractivity contribution in [3.63, 3.8) is 0 Å². The van der Waals surface area contributed by atoms with Gasteiger partial charge in [0.15, 0.2) is 6.61 Å². The molecule has 0 atom stereocenters. The van der Waals surface area contributed by atoms with Gasteiger partial charge in [-0.1, -0.05) is 18.2 Å². The van der Waals surface area contributed by atoms with Gasteiger partial charge in [-0.15, -0.1) is 0 Å². The number of aryl methyl sites for hydroxylation is 1. The predicted octanol–water partition coefficient (Wildman–Crippen LogP) is 2.17. The second-order valence-electron chi connectivity index (χ2n) is 5.36. The van der Waals surface area contributed by atoms with Gasteiger partial charge >= 0.3 is 5.97 Å². The fourth-order valence-electron chi connectivity index (χ4n) is 2.58. The highest BCUT2D eigenvalue weighted by Crippen LogP contribution is 2.22. The van der Waals surface area contributed by atoms with E-state index >= 15 is 0 Å². The molecule has 0 N–H and O–H groups in total. The second-order valence-corrected chi connectivity index (χ2v) is 5.36. The van der Waals surface area contributed by atoms with Crippen LogP contribution in [0.3, 0.4) is 0 Å². The van der Waals surface area contributed by atoms with E-state index in [1.165, 1.54) is 6.26 Å². The first-order valence-electron chi connectivity index (χ1n) is 7.80. The van der Waals surface area contributed by atoms with E-state index in [4.69, 9.17) is 19.5 Å². The first-order chi connectivity index (χ1) is 12.2. The number of ether oxygens (including phenoxy) is 3. The Morgan fingerprint density at radius 2 is 2.12 bits per heavy atom. The highest BCUT2D eigenvalue weighted by atomic mass is 16.6. The highest BCUT2D eigenvalue weighted by molar-refractivity contribution is 6.09. The Labute approximate surface area is 144 Å². The van der Waals surface area contributed by atoms with Crippen molar-refractivity contribution in [3.8, 4) is 6.07 Å². The van der Waals surface area contributed by atoms with Crippen molar-refractivity contribution in [1.82, 2.24) is 4.57 Å². The number of carbonyl (C=O) groups excluding carboxylic acids is 2. The molecule has 7 nitrogen and oxygen atoms in total. The van der Waals surface area contributed by atoms with E-state index in [1.807, 2.05) is 28.8 Å². The first kappa shape index (κ1) is 16.6. The zero-order chi connectivity index (χ0) is 17.6. The van der Waals surface area contributed by atoms with Crippen molar-refractivity contribution >= 4 is 22.7 Å². The summed E-state index contributed by atoms with van der Waals surface area (Å²) in [5.74, 6) is -1.10. The van der Waals surface area contributed by atoms with E-state index < -0.39 is 12.6 Å². The number of nitriles is 1. The van der Waals surface area contributed by atoms with Crippen LogP contribution >= 0.6 is 0 Å². The number of Topliss-reactive ketones (excluding diaryl/α,β-unsaturated/α-hetero) is 1. The summed E-state index contributed by atoms with van der Waals surface area (Å²) >= 11 is 0. The minimum atomic E-state index is -0.735. The minimum absolute atomic E-state index is 0.0458. The maximum atomic E-state index is 12.5. The highest BCUT2D eigenvalue weighted by Gasteiger charge is 2.20. The third-order valence-corrected chi connectivity index (χ3v) is 3.74. The summed E-state index contributed by atoms with van der Waals surface area (Å²) in [4.78, 5) is 24.3. The number of aromatic nitrogens is 1. The monoisotopic (exact) mass is 340 g/mol. The molecule has 2 aromatic rings. The molecule has 0 spiro atoms. The van der Waals surface area contributed by atoms with E-state index in [9.17, 15) is 9.59 Å². The van der Waals surface area contributed by atoms with Crippen molar-refractivity contribution in [1.29, 1.82) is 5.26 Å². The molecule has 0 radical (unpaired) electrons. The molecule has 0 unspecified atom stereocenters. The van der Waals surface area contributed by atoms with Gasteiger partial charge in [0.2, 0.25) is 11.5 Å². The molecular formula is C18H16N2O5. The molecule has 0 bridgehead atoms. The molecule has 1 aliphatic heterocycles. The molecule has 2 heterocycles. The minimum Gasteiger partial charge on any atom is -0.493 e. The molecule has 0 amide bonds. The number of carbonyl (C=O) groups is 2. The SMILES string of the molecule is N#CCCn1cc(C(=O)COC(=O)C2=COCCO2)c2ccccc21. The fourth-order valence-corrected chi connectivity index (χ4v) is 2.58. The van der Waals surface area contributed by atoms with E-state index in [-0.39, 0.29) is 18.1 Å². The molecule has 0 saturated heterocycles. The Morgan fingerprint density at radius 3 is 2.88 bits per heavy atom. The number of hydrogen-bond donors (Lipinski definition) is 0. The average molecular weight is 340 g/mol. The largest absolute Gasteiger partial charge is 0.493 e. The van der Waals surface area contributed by atoms with Gasteiger partial charge < -0.3 is 18.8 Å². The molecule has 0 aliphatic carbocycles. The lowest BCUT2D eigenvalue weighted by molar-refractivity contribution is -0.143. The van der Waals surface area contributed by atoms with Crippen LogP contribution in [0.25, 0.3) is 10.9 Å². The third-order valence-electron chi connectivity index (χ3n) is 3.74. The molecule has 0 fully saturated rings. The van der Waals surface area contributed by atoms with Crippen LogP contribution in [0.2, 0.25) is 0 Å². The Balaban J connectivity index is 1.74. The number of esters is 1. The summed E-state index contributed by atoms with van der Waals surface area (Å²) in [6.45, 7) is 0.729. The van der Waals surface area contributed by atoms with Gasteiger partial charge in [-0.3, -0.25) is 4.79 Å². The quantitative estimate of drug-likeness (QED) is 0.591. The fraction of sp³-hybridized carbons (Fsp3) is 0.278. The molecule has 3 rings (SSSR count). The number of rotatable bonds is 6. The second kappa shape index (κ2) is 7.53. The standard InChI is InChI=1S/C18H16N2O5/c19-6-3-7-20-10-14(13-4-1-2-5-15(13)20)16(21)11-25-18(22)17-12-23-8-9-24-17/h1-2,4-5,10,12H,3,7-9,11H2.